The lowest BCUT2D eigenvalue weighted by atomic mass is 9.86. The largest absolute Gasteiger partial charge is 0.467 e. The van der Waals surface area contributed by atoms with Crippen molar-refractivity contribution in [2.75, 3.05) is 44.1 Å². The highest BCUT2D eigenvalue weighted by Gasteiger charge is 2.57. The number of piperazine rings is 1. The molecule has 12 heteroatoms. The van der Waals surface area contributed by atoms with Crippen LogP contribution in [0, 0.1) is 0 Å². The first-order valence-corrected chi connectivity index (χ1v) is 16.8. The molecule has 2 aromatic rings. The summed E-state index contributed by atoms with van der Waals surface area (Å²) < 4.78 is 16.7. The summed E-state index contributed by atoms with van der Waals surface area (Å²) in [6.45, 7) is 11.9. The first-order valence-electron chi connectivity index (χ1n) is 15.4. The van der Waals surface area contributed by atoms with Crippen molar-refractivity contribution >= 4 is 41.3 Å². The van der Waals surface area contributed by atoms with Crippen LogP contribution in [0.2, 0.25) is 0 Å². The van der Waals surface area contributed by atoms with Gasteiger partial charge in [0.15, 0.2) is 0 Å². The Morgan fingerprint density at radius 2 is 1.57 bits per heavy atom. The molecule has 1 saturated heterocycles. The van der Waals surface area contributed by atoms with E-state index in [1.165, 1.54) is 7.11 Å². The quantitative estimate of drug-likeness (QED) is 0.151. The molecule has 252 valence electrons. The van der Waals surface area contributed by atoms with E-state index in [1.54, 1.807) is 71.5 Å². The monoisotopic (exact) mass is 656 g/mol. The zero-order valence-electron chi connectivity index (χ0n) is 28.1. The molecule has 0 aromatic heterocycles. The number of carbonyl (C=O) groups is 4. The van der Waals surface area contributed by atoms with Crippen molar-refractivity contribution in [3.05, 3.63) is 54.1 Å². The minimum Gasteiger partial charge on any atom is -0.467 e. The van der Waals surface area contributed by atoms with Gasteiger partial charge in [-0.15, -0.1) is 0 Å². The van der Waals surface area contributed by atoms with Gasteiger partial charge in [-0.3, -0.25) is 4.79 Å². The zero-order chi connectivity index (χ0) is 34.1. The van der Waals surface area contributed by atoms with Gasteiger partial charge in [-0.05, 0) is 89.3 Å². The van der Waals surface area contributed by atoms with E-state index in [0.29, 0.717) is 47.6 Å². The highest BCUT2D eigenvalue weighted by molar-refractivity contribution is 7.98. The topological polar surface area (TPSA) is 144 Å². The summed E-state index contributed by atoms with van der Waals surface area (Å²) in [7, 11) is 1.29. The lowest BCUT2D eigenvalue weighted by Gasteiger charge is -2.42. The van der Waals surface area contributed by atoms with Crippen molar-refractivity contribution < 1.29 is 33.4 Å². The van der Waals surface area contributed by atoms with Crippen LogP contribution < -0.4 is 21.3 Å². The van der Waals surface area contributed by atoms with Gasteiger partial charge in [0.05, 0.1) is 13.2 Å². The smallest absolute Gasteiger partial charge is 0.345 e. The van der Waals surface area contributed by atoms with Crippen LogP contribution in [0.1, 0.15) is 58.3 Å². The van der Waals surface area contributed by atoms with E-state index in [4.69, 9.17) is 14.2 Å². The summed E-state index contributed by atoms with van der Waals surface area (Å²) in [6.07, 6.45) is 2.32. The Hall–Kier alpha value is -3.61. The summed E-state index contributed by atoms with van der Waals surface area (Å²) in [5.41, 5.74) is -1.89. The molecule has 1 unspecified atom stereocenters. The summed E-state index contributed by atoms with van der Waals surface area (Å²) in [5.74, 6) is -1.95. The lowest BCUT2D eigenvalue weighted by Crippen LogP contribution is -2.72. The predicted octanol–water partition coefficient (Wildman–Crippen LogP) is 3.77. The lowest BCUT2D eigenvalue weighted by molar-refractivity contribution is -0.177. The second-order valence-corrected chi connectivity index (χ2v) is 14.1. The molecule has 0 radical (unpaired) electrons. The zero-order valence-corrected chi connectivity index (χ0v) is 28.9. The molecule has 2 aromatic carbocycles. The molecule has 0 aliphatic carbocycles. The Morgan fingerprint density at radius 1 is 0.935 bits per heavy atom. The van der Waals surface area contributed by atoms with Gasteiger partial charge in [0.2, 0.25) is 0 Å². The molecule has 1 aliphatic rings. The number of carbonyl (C=O) groups excluding carboxylic acids is 4. The van der Waals surface area contributed by atoms with Crippen molar-refractivity contribution in [3.63, 3.8) is 0 Å². The third-order valence-corrected chi connectivity index (χ3v) is 7.74. The summed E-state index contributed by atoms with van der Waals surface area (Å²) in [4.78, 5) is 54.5. The van der Waals surface area contributed by atoms with Crippen molar-refractivity contribution in [2.45, 2.75) is 76.8 Å². The van der Waals surface area contributed by atoms with Crippen LogP contribution >= 0.6 is 11.8 Å². The number of thioether (sulfide) groups is 1. The van der Waals surface area contributed by atoms with Gasteiger partial charge in [-0.25, -0.2) is 14.4 Å². The Kier molecular flexibility index (Phi) is 12.7. The van der Waals surface area contributed by atoms with Gasteiger partial charge in [0, 0.05) is 30.9 Å². The molecule has 1 amide bonds. The van der Waals surface area contributed by atoms with E-state index in [-0.39, 0.29) is 6.54 Å². The van der Waals surface area contributed by atoms with Crippen LogP contribution in [0.15, 0.2) is 48.5 Å². The highest BCUT2D eigenvalue weighted by Crippen LogP contribution is 2.32. The fraction of sp³-hybridized carbons (Fsp3) is 0.529. The number of benzene rings is 2. The minimum absolute atomic E-state index is 0.280. The maximum Gasteiger partial charge on any atom is 0.345 e. The summed E-state index contributed by atoms with van der Waals surface area (Å²) >= 11 is 1.56. The van der Waals surface area contributed by atoms with E-state index in [2.05, 4.69) is 21.3 Å². The molecule has 2 atom stereocenters. The van der Waals surface area contributed by atoms with Crippen LogP contribution in [0.25, 0.3) is 11.1 Å². The standard InChI is InChI=1S/C34H48N4O7S/c1-32(2,3)44-30(41)34(27-21-35-17-18-36-27,31(42)45-33(4,5)6)38-23-14-15-24(25(20-23)22-12-10-9-11-13-22)28(39)37-26(16-19-46-8)29(40)43-7/h9-15,20,26-27,35-36,38H,16-19,21H2,1-8H3,(H,37,39)/t26-,27?/m0/s1. The van der Waals surface area contributed by atoms with Gasteiger partial charge in [-0.1, -0.05) is 30.3 Å². The average molecular weight is 657 g/mol. The van der Waals surface area contributed by atoms with Crippen LogP contribution in [0.3, 0.4) is 0 Å². The SMILES string of the molecule is COC(=O)[C@H](CCSC)NC(=O)c1ccc(NC(C(=O)OC(C)(C)C)(C(=O)OC(C)(C)C)C2CNCCN2)cc1-c1ccccc1. The minimum atomic E-state index is -2.00. The van der Waals surface area contributed by atoms with Gasteiger partial charge in [-0.2, -0.15) is 11.8 Å². The fourth-order valence-electron chi connectivity index (χ4n) is 5.00. The van der Waals surface area contributed by atoms with Gasteiger partial charge >= 0.3 is 17.9 Å². The number of amides is 1. The van der Waals surface area contributed by atoms with Crippen LogP contribution in [-0.4, -0.2) is 91.4 Å². The summed E-state index contributed by atoms with van der Waals surface area (Å²) in [6, 6.07) is 12.6. The Morgan fingerprint density at radius 3 is 2.09 bits per heavy atom. The molecule has 0 saturated carbocycles. The molecule has 3 rings (SSSR count). The molecule has 1 heterocycles. The second kappa shape index (κ2) is 15.8. The van der Waals surface area contributed by atoms with Crippen molar-refractivity contribution in [1.29, 1.82) is 0 Å². The maximum absolute atomic E-state index is 14.2. The Bertz CT molecular complexity index is 1340. The third kappa shape index (κ3) is 9.70. The number of hydrogen-bond acceptors (Lipinski definition) is 11. The van der Waals surface area contributed by atoms with Crippen LogP contribution in [0.4, 0.5) is 5.69 Å². The van der Waals surface area contributed by atoms with Crippen LogP contribution in [0.5, 0.6) is 0 Å². The van der Waals surface area contributed by atoms with Crippen molar-refractivity contribution in [1.82, 2.24) is 16.0 Å². The molecule has 4 N–H and O–H groups in total. The Balaban J connectivity index is 2.17. The van der Waals surface area contributed by atoms with E-state index in [1.807, 2.05) is 36.6 Å². The van der Waals surface area contributed by atoms with Gasteiger partial charge in [0.25, 0.3) is 11.4 Å². The molecule has 46 heavy (non-hydrogen) atoms. The number of anilines is 1. The van der Waals surface area contributed by atoms with Crippen molar-refractivity contribution in [3.8, 4) is 11.1 Å². The molecular weight excluding hydrogens is 608 g/mol. The Labute approximate surface area is 276 Å². The first-order chi connectivity index (χ1) is 21.6. The van der Waals surface area contributed by atoms with Crippen LogP contribution in [-0.2, 0) is 28.6 Å². The molecule has 1 aliphatic heterocycles. The number of rotatable bonds is 12. The average Bonchev–Trinajstić information content (AvgIpc) is 3.00. The predicted molar refractivity (Wildman–Crippen MR) is 181 cm³/mol. The third-order valence-electron chi connectivity index (χ3n) is 7.10. The van der Waals surface area contributed by atoms with Gasteiger partial charge in [0.1, 0.15) is 17.2 Å². The normalized spacial score (nSPS) is 16.1. The van der Waals surface area contributed by atoms with E-state index < -0.39 is 52.6 Å². The first kappa shape index (κ1) is 36.9. The fourth-order valence-corrected chi connectivity index (χ4v) is 5.47. The molecule has 0 spiro atoms. The number of ether oxygens (including phenoxy) is 3. The maximum atomic E-state index is 14.2. The highest BCUT2D eigenvalue weighted by atomic mass is 32.2. The number of methoxy groups -OCH3 is 1. The van der Waals surface area contributed by atoms with E-state index in [9.17, 15) is 19.2 Å². The molecule has 1 fully saturated rings. The van der Waals surface area contributed by atoms with E-state index in [0.717, 1.165) is 0 Å². The van der Waals surface area contributed by atoms with Crippen molar-refractivity contribution in [2.24, 2.45) is 0 Å². The van der Waals surface area contributed by atoms with E-state index >= 15 is 0 Å². The summed E-state index contributed by atoms with van der Waals surface area (Å²) in [5, 5.41) is 12.6. The number of esters is 3. The van der Waals surface area contributed by atoms with Gasteiger partial charge < -0.3 is 35.5 Å². The molecular formula is C34H48N4O7S. The second-order valence-electron chi connectivity index (χ2n) is 13.1. The number of hydrogen-bond donors (Lipinski definition) is 4. The number of nitrogens with one attached hydrogen (secondary N) is 4. The molecule has 0 bridgehead atoms. The molecule has 11 nitrogen and oxygen atoms in total.